The first kappa shape index (κ1) is 27.7. The average Bonchev–Trinajstić information content (AvgIpc) is 3.91. The maximum atomic E-state index is 10.1. The molecular formula is C58H38N2. The molecule has 0 N–H and O–H groups in total. The summed E-state index contributed by atoms with van der Waals surface area (Å²) in [4.78, 5) is 0. The van der Waals surface area contributed by atoms with E-state index in [1.54, 1.807) is 4.57 Å². The van der Waals surface area contributed by atoms with Crippen molar-refractivity contribution in [3.05, 3.63) is 230 Å². The molecule has 0 spiro atoms. The molecule has 0 bridgehead atoms. The van der Waals surface area contributed by atoms with Crippen molar-refractivity contribution < 1.29 is 9.60 Å². The maximum absolute atomic E-state index is 10.1. The Bertz CT molecular complexity index is 3970. The van der Waals surface area contributed by atoms with E-state index < -0.39 is 12.1 Å². The number of nitrogens with zero attached hydrogens (tertiary/aromatic N) is 2. The summed E-state index contributed by atoms with van der Waals surface area (Å²) in [7, 11) is 0. The van der Waals surface area contributed by atoms with Gasteiger partial charge in [0.25, 0.3) is 0 Å². The smallest absolute Gasteiger partial charge is 0.0645 e. The van der Waals surface area contributed by atoms with Crippen LogP contribution in [0.3, 0.4) is 0 Å². The highest BCUT2D eigenvalue weighted by Gasteiger charge is 2.20. The predicted molar refractivity (Wildman–Crippen MR) is 254 cm³/mol. The molecule has 12 rings (SSSR count). The molecule has 60 heavy (non-hydrogen) atoms. The Hall–Kier alpha value is -7.94. The Morgan fingerprint density at radius 3 is 1.72 bits per heavy atom. The maximum Gasteiger partial charge on any atom is 0.0645 e. The summed E-state index contributed by atoms with van der Waals surface area (Å²) in [6, 6.07) is 61.2. The van der Waals surface area contributed by atoms with Crippen molar-refractivity contribution in [1.29, 1.82) is 0 Å². The number of hydrogen-bond donors (Lipinski definition) is 0. The molecule has 0 aliphatic rings. The van der Waals surface area contributed by atoms with Gasteiger partial charge in [-0.05, 0) is 104 Å². The molecule has 0 unspecified atom stereocenters. The molecule has 0 amide bonds. The van der Waals surface area contributed by atoms with Gasteiger partial charge in [0.15, 0.2) is 0 Å². The number of rotatable bonds is 6. The second kappa shape index (κ2) is 13.9. The van der Waals surface area contributed by atoms with Gasteiger partial charge in [-0.1, -0.05) is 176 Å². The lowest BCUT2D eigenvalue weighted by Gasteiger charge is -2.15. The second-order valence-electron chi connectivity index (χ2n) is 15.1. The van der Waals surface area contributed by atoms with Gasteiger partial charge in [-0.2, -0.15) is 0 Å². The van der Waals surface area contributed by atoms with Crippen LogP contribution in [0.4, 0.5) is 0 Å². The lowest BCUT2D eigenvalue weighted by molar-refractivity contribution is 1.18. The van der Waals surface area contributed by atoms with E-state index in [4.69, 9.17) is 2.74 Å². The van der Waals surface area contributed by atoms with Crippen LogP contribution >= 0.6 is 0 Å². The Labute approximate surface area is 358 Å². The van der Waals surface area contributed by atoms with Crippen LogP contribution in [-0.2, 0) is 0 Å². The molecule has 0 saturated heterocycles. The largest absolute Gasteiger partial charge is 0.309 e. The van der Waals surface area contributed by atoms with Crippen molar-refractivity contribution >= 4 is 54.4 Å². The lowest BCUT2D eigenvalue weighted by atomic mass is 9.96. The fourth-order valence-corrected chi connectivity index (χ4v) is 9.04. The van der Waals surface area contributed by atoms with Gasteiger partial charge in [-0.15, -0.1) is 0 Å². The van der Waals surface area contributed by atoms with E-state index in [9.17, 15) is 6.85 Å². The van der Waals surface area contributed by atoms with Gasteiger partial charge in [-0.3, -0.25) is 0 Å². The van der Waals surface area contributed by atoms with Crippen molar-refractivity contribution in [3.8, 4) is 55.9 Å². The van der Waals surface area contributed by atoms with Crippen LogP contribution in [0.25, 0.3) is 110 Å². The van der Waals surface area contributed by atoms with E-state index in [2.05, 4.69) is 71.3 Å². The molecule has 0 atom stereocenters. The van der Waals surface area contributed by atoms with Gasteiger partial charge >= 0.3 is 0 Å². The number of benzene rings is 10. The van der Waals surface area contributed by atoms with Crippen molar-refractivity contribution in [1.82, 2.24) is 9.13 Å². The molecule has 0 radical (unpaired) electrons. The number of aromatic nitrogens is 2. The molecule has 12 aromatic rings. The molecule has 10 aromatic carbocycles. The zero-order valence-corrected chi connectivity index (χ0v) is 32.3. The molecule has 0 aliphatic carbocycles. The number of para-hydroxylation sites is 1. The molecule has 0 aliphatic heterocycles. The molecule has 2 heteroatoms. The summed E-state index contributed by atoms with van der Waals surface area (Å²) in [6.07, 6.45) is 0. The third kappa shape index (κ3) is 5.42. The second-order valence-corrected chi connectivity index (χ2v) is 15.1. The molecule has 0 saturated carbocycles. The van der Waals surface area contributed by atoms with Gasteiger partial charge in [-0.25, -0.2) is 0 Å². The summed E-state index contributed by atoms with van der Waals surface area (Å²) in [5.41, 5.74) is 10.9. The fraction of sp³-hybridized carbons (Fsp3) is 0. The minimum Gasteiger partial charge on any atom is -0.309 e. The number of fused-ring (bicyclic) bond motifs is 7. The molecule has 2 heterocycles. The minimum atomic E-state index is -0.428. The minimum absolute atomic E-state index is 0.0853. The Kier molecular flexibility index (Phi) is 6.39. The van der Waals surface area contributed by atoms with Crippen molar-refractivity contribution in [2.75, 3.05) is 0 Å². The van der Waals surface area contributed by atoms with E-state index >= 15 is 0 Å². The first-order valence-corrected chi connectivity index (χ1v) is 20.1. The monoisotopic (exact) mass is 769 g/mol. The average molecular weight is 770 g/mol. The highest BCUT2D eigenvalue weighted by atomic mass is 15.0. The quantitative estimate of drug-likeness (QED) is 0.159. The van der Waals surface area contributed by atoms with Crippen LogP contribution in [0.2, 0.25) is 0 Å². The van der Waals surface area contributed by atoms with Crippen molar-refractivity contribution in [3.63, 3.8) is 0 Å². The molecule has 2 nitrogen and oxygen atoms in total. The van der Waals surface area contributed by atoms with Crippen LogP contribution < -0.4 is 0 Å². The predicted octanol–water partition coefficient (Wildman–Crippen LogP) is 15.7. The van der Waals surface area contributed by atoms with Gasteiger partial charge in [0.1, 0.15) is 0 Å². The Balaban J connectivity index is 1.14. The van der Waals surface area contributed by atoms with Crippen LogP contribution in [0.5, 0.6) is 0 Å². The van der Waals surface area contributed by atoms with Gasteiger partial charge in [0.05, 0.1) is 37.3 Å². The van der Waals surface area contributed by atoms with Crippen molar-refractivity contribution in [2.45, 2.75) is 0 Å². The van der Waals surface area contributed by atoms with Crippen LogP contribution in [0.1, 0.15) is 9.60 Å². The lowest BCUT2D eigenvalue weighted by Crippen LogP contribution is -1.96. The molecule has 2 aromatic heterocycles. The SMILES string of the molecule is [2H]c1c([2H])c([2H])c2c(c1[2H])c1c([2H])c(-c3ccc4c(c3)c3c(-c5ccccc5)cccc3n4-c3ccc(-c4ccccc4)cc3)c([2H])c([2H])c1n2-c1ccc(-c2ccccc2)c2ccccc12. The Morgan fingerprint density at radius 2 is 0.950 bits per heavy atom. The van der Waals surface area contributed by atoms with E-state index in [0.29, 0.717) is 11.3 Å². The Morgan fingerprint density at radius 1 is 0.317 bits per heavy atom. The normalized spacial score (nSPS) is 13.3. The molecular weight excluding hydrogens is 725 g/mol. The third-order valence-corrected chi connectivity index (χ3v) is 11.8. The summed E-state index contributed by atoms with van der Waals surface area (Å²) in [6.45, 7) is 0. The fourth-order valence-electron chi connectivity index (χ4n) is 9.04. The highest BCUT2D eigenvalue weighted by molar-refractivity contribution is 6.17. The summed E-state index contributed by atoms with van der Waals surface area (Å²) >= 11 is 0. The summed E-state index contributed by atoms with van der Waals surface area (Å²) in [5, 5.41) is 3.94. The van der Waals surface area contributed by atoms with Crippen LogP contribution in [-0.4, -0.2) is 9.13 Å². The van der Waals surface area contributed by atoms with Crippen LogP contribution in [0.15, 0.2) is 230 Å². The number of hydrogen-bond acceptors (Lipinski definition) is 0. The topological polar surface area (TPSA) is 9.86 Å². The molecule has 0 fully saturated rings. The van der Waals surface area contributed by atoms with E-state index in [0.717, 1.165) is 71.6 Å². The van der Waals surface area contributed by atoms with E-state index in [1.165, 1.54) is 0 Å². The highest BCUT2D eigenvalue weighted by Crippen LogP contribution is 2.43. The zero-order valence-electron chi connectivity index (χ0n) is 39.3. The zero-order chi connectivity index (χ0) is 45.7. The molecule has 280 valence electrons. The van der Waals surface area contributed by atoms with E-state index in [-0.39, 0.29) is 57.6 Å². The van der Waals surface area contributed by atoms with Crippen molar-refractivity contribution in [2.24, 2.45) is 0 Å². The third-order valence-electron chi connectivity index (χ3n) is 11.8. The van der Waals surface area contributed by atoms with Gasteiger partial charge in [0.2, 0.25) is 0 Å². The van der Waals surface area contributed by atoms with E-state index in [1.807, 2.05) is 121 Å². The first-order chi connectivity index (χ1) is 32.7. The van der Waals surface area contributed by atoms with Gasteiger partial charge < -0.3 is 9.13 Å². The van der Waals surface area contributed by atoms with Gasteiger partial charge in [0, 0.05) is 32.6 Å². The standard InChI is InChI=1S/C58H38N2/c1-4-15-39(16-5-1)40-27-31-45(32-28-40)59-56-35-30-44(38-52(56)58-47(24-14-26-57(58)59)42-19-8-3-9-20-42)43-29-34-55-51(37-43)50-23-12-13-25-53(50)60(55)54-36-33-46(41-17-6-2-7-18-41)48-21-10-11-22-49(48)54/h1-38H/i12D,13D,23D,25D,29D,34D,37D. The summed E-state index contributed by atoms with van der Waals surface area (Å²) in [5.74, 6) is 0. The van der Waals surface area contributed by atoms with Crippen LogP contribution in [0, 0.1) is 0 Å². The summed E-state index contributed by atoms with van der Waals surface area (Å²) < 4.78 is 70.0. The first-order valence-electron chi connectivity index (χ1n) is 23.6.